The molecule has 100 valence electrons. The molecule has 0 saturated heterocycles. The maximum Gasteiger partial charge on any atom is 0.337 e. The Morgan fingerprint density at radius 3 is 2.67 bits per heavy atom. The lowest BCUT2D eigenvalue weighted by Gasteiger charge is -2.20. The van der Waals surface area contributed by atoms with E-state index in [1.54, 1.807) is 0 Å². The number of anilines is 1. The number of hydrogen-bond acceptors (Lipinski definition) is 5. The second-order valence-electron chi connectivity index (χ2n) is 4.30. The highest BCUT2D eigenvalue weighted by Crippen LogP contribution is 2.08. The van der Waals surface area contributed by atoms with Crippen molar-refractivity contribution in [2.24, 2.45) is 0 Å². The third kappa shape index (κ3) is 3.07. The van der Waals surface area contributed by atoms with Crippen LogP contribution in [0.5, 0.6) is 0 Å². The van der Waals surface area contributed by atoms with Crippen LogP contribution in [0.1, 0.15) is 13.8 Å². The van der Waals surface area contributed by atoms with E-state index in [1.165, 1.54) is 12.3 Å². The van der Waals surface area contributed by atoms with E-state index >= 15 is 0 Å². The van der Waals surface area contributed by atoms with Gasteiger partial charge in [0, 0.05) is 19.7 Å². The lowest BCUT2D eigenvalue weighted by molar-refractivity contribution is -0.158. The molecule has 1 unspecified atom stereocenters. The van der Waals surface area contributed by atoms with Crippen LogP contribution in [-0.4, -0.2) is 45.2 Å². The molecule has 1 atom stereocenters. The first-order valence-electron chi connectivity index (χ1n) is 5.52. The summed E-state index contributed by atoms with van der Waals surface area (Å²) in [4.78, 5) is 24.3. The van der Waals surface area contributed by atoms with Crippen molar-refractivity contribution in [2.75, 3.05) is 18.5 Å². The highest BCUT2D eigenvalue weighted by Gasteiger charge is 2.31. The zero-order valence-corrected chi connectivity index (χ0v) is 10.6. The molecule has 1 rings (SSSR count). The summed E-state index contributed by atoms with van der Waals surface area (Å²) >= 11 is 0. The van der Waals surface area contributed by atoms with E-state index in [4.69, 9.17) is 5.11 Å². The summed E-state index contributed by atoms with van der Waals surface area (Å²) in [6.45, 7) is 3.38. The average Bonchev–Trinajstić information content (AvgIpc) is 2.30. The van der Waals surface area contributed by atoms with E-state index in [0.717, 1.165) is 18.2 Å². The van der Waals surface area contributed by atoms with E-state index in [-0.39, 0.29) is 0 Å². The molecule has 1 aromatic heterocycles. The predicted octanol–water partition coefficient (Wildman–Crippen LogP) is -0.465. The molecule has 7 nitrogen and oxygen atoms in total. The summed E-state index contributed by atoms with van der Waals surface area (Å²) in [6, 6.07) is 1.36. The monoisotopic (exact) mass is 255 g/mol. The third-order valence-electron chi connectivity index (χ3n) is 2.69. The van der Waals surface area contributed by atoms with Gasteiger partial charge in [0.15, 0.2) is 5.60 Å². The lowest BCUT2D eigenvalue weighted by atomic mass is 10.1. The number of nitrogens with zero attached hydrogens (tertiary/aromatic N) is 3. The predicted molar refractivity (Wildman–Crippen MR) is 65.7 cm³/mol. The Balaban J connectivity index is 3.01. The molecule has 2 N–H and O–H groups in total. The Kier molecular flexibility index (Phi) is 4.07. The van der Waals surface area contributed by atoms with Gasteiger partial charge < -0.3 is 15.1 Å². The molecule has 18 heavy (non-hydrogen) atoms. The zero-order chi connectivity index (χ0) is 13.9. The van der Waals surface area contributed by atoms with Gasteiger partial charge in [-0.3, -0.25) is 4.79 Å². The van der Waals surface area contributed by atoms with Gasteiger partial charge in [0.1, 0.15) is 0 Å². The Labute approximate surface area is 104 Å². The van der Waals surface area contributed by atoms with Crippen molar-refractivity contribution in [3.63, 3.8) is 0 Å². The Bertz CT molecular complexity index is 495. The minimum absolute atomic E-state index is 0.392. The average molecular weight is 255 g/mol. The zero-order valence-electron chi connectivity index (χ0n) is 10.6. The van der Waals surface area contributed by atoms with Crippen LogP contribution in [0.25, 0.3) is 0 Å². The summed E-state index contributed by atoms with van der Waals surface area (Å²) in [5, 5.41) is 22.2. The van der Waals surface area contributed by atoms with Gasteiger partial charge in [-0.15, -0.1) is 0 Å². The second-order valence-corrected chi connectivity index (χ2v) is 4.30. The summed E-state index contributed by atoms with van der Waals surface area (Å²) in [5.41, 5.74) is -1.82. The van der Waals surface area contributed by atoms with Crippen LogP contribution in [0.4, 0.5) is 5.69 Å². The molecule has 0 aliphatic carbocycles. The molecule has 1 aromatic rings. The summed E-state index contributed by atoms with van der Waals surface area (Å²) < 4.78 is 0.932. The smallest absolute Gasteiger partial charge is 0.337 e. The minimum atomic E-state index is -2.02. The normalized spacial score (nSPS) is 14.0. The summed E-state index contributed by atoms with van der Waals surface area (Å²) in [6.07, 6.45) is 1.46. The molecule has 0 bridgehead atoms. The number of aromatic nitrogens is 2. The van der Waals surface area contributed by atoms with Crippen LogP contribution in [0.2, 0.25) is 0 Å². The van der Waals surface area contributed by atoms with Gasteiger partial charge in [-0.2, -0.15) is 5.10 Å². The van der Waals surface area contributed by atoms with Crippen molar-refractivity contribution in [1.82, 2.24) is 9.78 Å². The van der Waals surface area contributed by atoms with E-state index in [1.807, 2.05) is 18.9 Å². The Hall–Kier alpha value is -1.89. The van der Waals surface area contributed by atoms with E-state index < -0.39 is 23.7 Å². The van der Waals surface area contributed by atoms with Gasteiger partial charge >= 0.3 is 5.97 Å². The first kappa shape index (κ1) is 14.2. The number of hydrogen-bond donors (Lipinski definition) is 2. The van der Waals surface area contributed by atoms with Crippen molar-refractivity contribution in [1.29, 1.82) is 0 Å². The highest BCUT2D eigenvalue weighted by atomic mass is 16.4. The van der Waals surface area contributed by atoms with Gasteiger partial charge in [0.05, 0.1) is 18.4 Å². The van der Waals surface area contributed by atoms with Gasteiger partial charge in [0.25, 0.3) is 5.56 Å². The largest absolute Gasteiger partial charge is 0.479 e. The molecule has 0 fully saturated rings. The number of carbonyl (C=O) groups is 1. The van der Waals surface area contributed by atoms with Gasteiger partial charge in [-0.05, 0) is 13.8 Å². The first-order chi connectivity index (χ1) is 8.27. The molecule has 0 aromatic carbocycles. The maximum atomic E-state index is 11.7. The van der Waals surface area contributed by atoms with Crippen molar-refractivity contribution in [3.05, 3.63) is 22.6 Å². The fourth-order valence-electron chi connectivity index (χ4n) is 1.29. The molecular weight excluding hydrogens is 238 g/mol. The van der Waals surface area contributed by atoms with Crippen LogP contribution in [0, 0.1) is 0 Å². The van der Waals surface area contributed by atoms with Crippen LogP contribution < -0.4 is 10.5 Å². The molecule has 0 radical (unpaired) electrons. The topological polar surface area (TPSA) is 95.7 Å². The van der Waals surface area contributed by atoms with Crippen LogP contribution in [-0.2, 0) is 11.3 Å². The van der Waals surface area contributed by atoms with Gasteiger partial charge in [-0.25, -0.2) is 9.48 Å². The Morgan fingerprint density at radius 2 is 2.22 bits per heavy atom. The molecule has 1 heterocycles. The SMILES string of the molecule is CCN(C)c1cnn(CC(C)(O)C(=O)O)c(=O)c1. The number of aliphatic hydroxyl groups is 1. The van der Waals surface area contributed by atoms with Crippen molar-refractivity contribution in [3.8, 4) is 0 Å². The Morgan fingerprint density at radius 1 is 1.61 bits per heavy atom. The maximum absolute atomic E-state index is 11.7. The van der Waals surface area contributed by atoms with Crippen LogP contribution >= 0.6 is 0 Å². The van der Waals surface area contributed by atoms with Crippen molar-refractivity contribution < 1.29 is 15.0 Å². The standard InChI is InChI=1S/C11H17N3O4/c1-4-13(3)8-5-9(15)14(12-6-8)7-11(2,18)10(16)17/h5-6,18H,4,7H2,1-3H3,(H,16,17). The number of rotatable bonds is 5. The van der Waals surface area contributed by atoms with Crippen LogP contribution in [0.15, 0.2) is 17.1 Å². The van der Waals surface area contributed by atoms with Gasteiger partial charge in [0.2, 0.25) is 0 Å². The quantitative estimate of drug-likeness (QED) is 0.739. The fourth-order valence-corrected chi connectivity index (χ4v) is 1.29. The second kappa shape index (κ2) is 5.18. The van der Waals surface area contributed by atoms with E-state index in [2.05, 4.69) is 5.10 Å². The van der Waals surface area contributed by atoms with E-state index in [9.17, 15) is 14.7 Å². The fraction of sp³-hybridized carbons (Fsp3) is 0.545. The molecular formula is C11H17N3O4. The van der Waals surface area contributed by atoms with Gasteiger partial charge in [-0.1, -0.05) is 0 Å². The third-order valence-corrected chi connectivity index (χ3v) is 2.69. The number of carboxylic acid groups (broad SMARTS) is 1. The molecule has 0 amide bonds. The lowest BCUT2D eigenvalue weighted by Crippen LogP contribution is -2.43. The molecule has 0 aliphatic rings. The molecule has 7 heteroatoms. The highest BCUT2D eigenvalue weighted by molar-refractivity contribution is 5.76. The van der Waals surface area contributed by atoms with Crippen molar-refractivity contribution in [2.45, 2.75) is 26.0 Å². The number of aliphatic carboxylic acids is 1. The van der Waals surface area contributed by atoms with Crippen LogP contribution in [0.3, 0.4) is 0 Å². The number of carboxylic acids is 1. The molecule has 0 aliphatic heterocycles. The van der Waals surface area contributed by atoms with Crippen molar-refractivity contribution >= 4 is 11.7 Å². The summed E-state index contributed by atoms with van der Waals surface area (Å²) in [7, 11) is 1.81. The molecule has 0 spiro atoms. The minimum Gasteiger partial charge on any atom is -0.479 e. The first-order valence-corrected chi connectivity index (χ1v) is 5.52. The summed E-state index contributed by atoms with van der Waals surface area (Å²) in [5.74, 6) is -1.40. The molecule has 0 saturated carbocycles. The van der Waals surface area contributed by atoms with E-state index in [0.29, 0.717) is 5.69 Å².